The first-order chi connectivity index (χ1) is 10.7. The lowest BCUT2D eigenvalue weighted by Gasteiger charge is -2.25. The van der Waals surface area contributed by atoms with Gasteiger partial charge < -0.3 is 20.5 Å². The van der Waals surface area contributed by atoms with Crippen LogP contribution < -0.4 is 20.5 Å². The molecule has 1 atom stereocenters. The minimum absolute atomic E-state index is 0.229. The van der Waals surface area contributed by atoms with Crippen molar-refractivity contribution >= 4 is 5.96 Å². The van der Waals surface area contributed by atoms with Crippen molar-refractivity contribution in [3.05, 3.63) is 23.3 Å². The zero-order valence-electron chi connectivity index (χ0n) is 13.4. The Morgan fingerprint density at radius 3 is 2.95 bits per heavy atom. The number of nitrogens with two attached hydrogens (primary N) is 1. The van der Waals surface area contributed by atoms with Crippen LogP contribution in [0.3, 0.4) is 0 Å². The van der Waals surface area contributed by atoms with Gasteiger partial charge in [0.15, 0.2) is 5.96 Å². The Bertz CT molecular complexity index is 567. The molecular weight excluding hydrogens is 278 g/mol. The number of nitrogens with one attached hydrogen (secondary N) is 1. The third-order valence-corrected chi connectivity index (χ3v) is 4.52. The number of hydrogen-bond acceptors (Lipinski definition) is 3. The third-order valence-electron chi connectivity index (χ3n) is 4.52. The van der Waals surface area contributed by atoms with Crippen LogP contribution in [-0.4, -0.2) is 25.7 Å². The van der Waals surface area contributed by atoms with Gasteiger partial charge in [-0.1, -0.05) is 6.42 Å². The van der Waals surface area contributed by atoms with Gasteiger partial charge in [0.25, 0.3) is 0 Å². The molecule has 3 rings (SSSR count). The predicted octanol–water partition coefficient (Wildman–Crippen LogP) is 2.22. The molecule has 0 saturated heterocycles. The second kappa shape index (κ2) is 6.46. The largest absolute Gasteiger partial charge is 0.496 e. The summed E-state index contributed by atoms with van der Waals surface area (Å²) in [6, 6.07) is 4.09. The lowest BCUT2D eigenvalue weighted by Crippen LogP contribution is -2.37. The van der Waals surface area contributed by atoms with Gasteiger partial charge in [-0.15, -0.1) is 0 Å². The van der Waals surface area contributed by atoms with Gasteiger partial charge in [0.1, 0.15) is 17.6 Å². The second-order valence-electron chi connectivity index (χ2n) is 6.28. The monoisotopic (exact) mass is 303 g/mol. The minimum atomic E-state index is 0.229. The Kier molecular flexibility index (Phi) is 4.41. The minimum Gasteiger partial charge on any atom is -0.496 e. The molecule has 5 nitrogen and oxygen atoms in total. The van der Waals surface area contributed by atoms with Crippen molar-refractivity contribution in [1.29, 1.82) is 0 Å². The summed E-state index contributed by atoms with van der Waals surface area (Å²) in [6.07, 6.45) is 5.10. The van der Waals surface area contributed by atoms with Crippen molar-refractivity contribution in [2.75, 3.05) is 13.7 Å². The molecule has 1 aliphatic heterocycles. The smallest absolute Gasteiger partial charge is 0.188 e. The van der Waals surface area contributed by atoms with Crippen LogP contribution in [0.15, 0.2) is 17.1 Å². The van der Waals surface area contributed by atoms with Crippen LogP contribution in [0.2, 0.25) is 0 Å². The molecule has 1 aromatic rings. The molecule has 1 unspecified atom stereocenters. The van der Waals surface area contributed by atoms with Gasteiger partial charge in [0.05, 0.1) is 13.7 Å². The maximum absolute atomic E-state index is 5.94. The van der Waals surface area contributed by atoms with Crippen molar-refractivity contribution in [2.24, 2.45) is 16.6 Å². The van der Waals surface area contributed by atoms with E-state index >= 15 is 0 Å². The van der Waals surface area contributed by atoms with E-state index in [-0.39, 0.29) is 6.10 Å². The molecule has 0 radical (unpaired) electrons. The molecule has 0 amide bonds. The predicted molar refractivity (Wildman–Crippen MR) is 87.5 cm³/mol. The van der Waals surface area contributed by atoms with Crippen LogP contribution in [-0.2, 0) is 13.0 Å². The van der Waals surface area contributed by atoms with Crippen LogP contribution in [0.25, 0.3) is 0 Å². The number of aliphatic imine (C=N–C) groups is 1. The summed E-state index contributed by atoms with van der Waals surface area (Å²) in [5.41, 5.74) is 8.15. The highest BCUT2D eigenvalue weighted by molar-refractivity contribution is 5.77. The molecule has 1 heterocycles. The lowest BCUT2D eigenvalue weighted by atomic mass is 9.85. The zero-order valence-corrected chi connectivity index (χ0v) is 13.4. The van der Waals surface area contributed by atoms with Crippen LogP contribution in [0, 0.1) is 5.92 Å². The number of ether oxygens (including phenoxy) is 2. The van der Waals surface area contributed by atoms with Crippen molar-refractivity contribution in [2.45, 2.75) is 45.3 Å². The fourth-order valence-corrected chi connectivity index (χ4v) is 2.97. The van der Waals surface area contributed by atoms with Gasteiger partial charge in [0.2, 0.25) is 0 Å². The van der Waals surface area contributed by atoms with E-state index < -0.39 is 0 Å². The average molecular weight is 303 g/mol. The number of benzene rings is 1. The molecule has 22 heavy (non-hydrogen) atoms. The molecule has 1 saturated carbocycles. The van der Waals surface area contributed by atoms with E-state index in [1.165, 1.54) is 24.8 Å². The highest BCUT2D eigenvalue weighted by Gasteiger charge is 2.21. The van der Waals surface area contributed by atoms with Gasteiger partial charge >= 0.3 is 0 Å². The lowest BCUT2D eigenvalue weighted by molar-refractivity contribution is 0.254. The van der Waals surface area contributed by atoms with Crippen molar-refractivity contribution in [3.8, 4) is 11.5 Å². The summed E-state index contributed by atoms with van der Waals surface area (Å²) in [7, 11) is 1.69. The number of hydrogen-bond donors (Lipinski definition) is 2. The van der Waals surface area contributed by atoms with Crippen LogP contribution in [0.5, 0.6) is 11.5 Å². The molecule has 0 spiro atoms. The third kappa shape index (κ3) is 3.29. The Balaban J connectivity index is 1.64. The van der Waals surface area contributed by atoms with E-state index in [9.17, 15) is 0 Å². The van der Waals surface area contributed by atoms with Crippen LogP contribution >= 0.6 is 0 Å². The molecule has 0 bridgehead atoms. The molecule has 1 aromatic carbocycles. The van der Waals surface area contributed by atoms with E-state index in [4.69, 9.17) is 15.2 Å². The average Bonchev–Trinajstić information content (AvgIpc) is 2.81. The molecule has 1 fully saturated rings. The highest BCUT2D eigenvalue weighted by Crippen LogP contribution is 2.35. The van der Waals surface area contributed by atoms with E-state index in [0.717, 1.165) is 35.9 Å². The number of rotatable bonds is 5. The standard InChI is InChI=1S/C17H25N3O2/c1-11-6-13-7-15(21-2)14(8-16(13)22-11)10-20-17(18)19-9-12-4-3-5-12/h7-8,11-12H,3-6,9-10H2,1-2H3,(H3,18,19,20). The summed E-state index contributed by atoms with van der Waals surface area (Å²) < 4.78 is 11.3. The molecule has 120 valence electrons. The highest BCUT2D eigenvalue weighted by atomic mass is 16.5. The molecule has 1 aliphatic carbocycles. The van der Waals surface area contributed by atoms with Crippen molar-refractivity contribution < 1.29 is 9.47 Å². The first-order valence-electron chi connectivity index (χ1n) is 8.06. The number of methoxy groups -OCH3 is 1. The molecule has 0 aromatic heterocycles. The summed E-state index contributed by atoms with van der Waals surface area (Å²) in [5, 5.41) is 3.21. The number of nitrogens with zero attached hydrogens (tertiary/aromatic N) is 1. The van der Waals surface area contributed by atoms with E-state index in [2.05, 4.69) is 23.3 Å². The SMILES string of the molecule is COc1cc2c(cc1CN=C(N)NCC1CCC1)OC(C)C2. The first-order valence-corrected chi connectivity index (χ1v) is 8.06. The van der Waals surface area contributed by atoms with Crippen LogP contribution in [0.1, 0.15) is 37.3 Å². The topological polar surface area (TPSA) is 68.9 Å². The number of fused-ring (bicyclic) bond motifs is 1. The fourth-order valence-electron chi connectivity index (χ4n) is 2.97. The van der Waals surface area contributed by atoms with Crippen LogP contribution in [0.4, 0.5) is 0 Å². The van der Waals surface area contributed by atoms with E-state index in [1.54, 1.807) is 7.11 Å². The van der Waals surface area contributed by atoms with E-state index in [0.29, 0.717) is 12.5 Å². The summed E-state index contributed by atoms with van der Waals surface area (Å²) >= 11 is 0. The first kappa shape index (κ1) is 15.0. The molecule has 3 N–H and O–H groups in total. The van der Waals surface area contributed by atoms with Gasteiger partial charge in [-0.25, -0.2) is 4.99 Å². The summed E-state index contributed by atoms with van der Waals surface area (Å²) in [6.45, 7) is 3.50. The van der Waals surface area contributed by atoms with E-state index in [1.807, 2.05) is 6.07 Å². The summed E-state index contributed by atoms with van der Waals surface area (Å²) in [4.78, 5) is 4.43. The van der Waals surface area contributed by atoms with Crippen molar-refractivity contribution in [3.63, 3.8) is 0 Å². The normalized spacial score (nSPS) is 21.0. The fraction of sp³-hybridized carbons (Fsp3) is 0.588. The summed E-state index contributed by atoms with van der Waals surface area (Å²) in [5.74, 6) is 3.06. The van der Waals surface area contributed by atoms with Gasteiger partial charge in [-0.05, 0) is 37.8 Å². The Morgan fingerprint density at radius 1 is 1.45 bits per heavy atom. The molecule has 2 aliphatic rings. The Labute approximate surface area is 131 Å². The van der Waals surface area contributed by atoms with Crippen molar-refractivity contribution in [1.82, 2.24) is 5.32 Å². The quantitative estimate of drug-likeness (QED) is 0.646. The van der Waals surface area contributed by atoms with Gasteiger partial charge in [-0.3, -0.25) is 0 Å². The second-order valence-corrected chi connectivity index (χ2v) is 6.28. The zero-order chi connectivity index (χ0) is 15.5. The number of guanidine groups is 1. The van der Waals surface area contributed by atoms with Gasteiger partial charge in [0, 0.05) is 24.1 Å². The maximum Gasteiger partial charge on any atom is 0.188 e. The maximum atomic E-state index is 5.94. The van der Waals surface area contributed by atoms with Gasteiger partial charge in [-0.2, -0.15) is 0 Å². The molecular formula is C17H25N3O2. The Morgan fingerprint density at radius 2 is 2.27 bits per heavy atom. The Hall–Kier alpha value is -1.91. The molecule has 5 heteroatoms.